The van der Waals surface area contributed by atoms with Gasteiger partial charge in [-0.2, -0.15) is 9.97 Å². The first kappa shape index (κ1) is 16.2. The third-order valence-corrected chi connectivity index (χ3v) is 4.55. The lowest BCUT2D eigenvalue weighted by molar-refractivity contribution is -0.130. The molecule has 0 spiro atoms. The molecule has 0 aliphatic carbocycles. The summed E-state index contributed by atoms with van der Waals surface area (Å²) in [5.74, 6) is -0.0761. The number of fused-ring (bicyclic) bond motifs is 2. The van der Waals surface area contributed by atoms with Crippen LogP contribution in [0, 0.1) is 0 Å². The Morgan fingerprint density at radius 2 is 1.71 bits per heavy atom. The highest BCUT2D eigenvalue weighted by Gasteiger charge is 2.31. The monoisotopic (exact) mass is 371 g/mol. The molecule has 4 aromatic rings. The van der Waals surface area contributed by atoms with E-state index in [0.717, 1.165) is 5.56 Å². The SMILES string of the molecule is Cn1c(-c2ccccc2)nc2oc(/C=C3\C(=O)Oc4ccccc4C3=O)nc21. The number of hydrogen-bond acceptors (Lipinski definition) is 6. The lowest BCUT2D eigenvalue weighted by Gasteiger charge is -2.15. The number of carbonyl (C=O) groups is 2. The molecule has 7 nitrogen and oxygen atoms in total. The molecule has 136 valence electrons. The third-order valence-electron chi connectivity index (χ3n) is 4.55. The number of carbonyl (C=O) groups excluding carboxylic acids is 2. The Morgan fingerprint density at radius 1 is 0.964 bits per heavy atom. The fraction of sp³-hybridized carbons (Fsp3) is 0.0476. The summed E-state index contributed by atoms with van der Waals surface area (Å²) in [5.41, 5.74) is 1.97. The molecule has 28 heavy (non-hydrogen) atoms. The van der Waals surface area contributed by atoms with Crippen LogP contribution in [-0.4, -0.2) is 26.3 Å². The predicted octanol–water partition coefficient (Wildman–Crippen LogP) is 3.41. The number of benzene rings is 2. The van der Waals surface area contributed by atoms with E-state index in [2.05, 4.69) is 9.97 Å². The van der Waals surface area contributed by atoms with Crippen LogP contribution >= 0.6 is 0 Å². The molecule has 2 aromatic carbocycles. The van der Waals surface area contributed by atoms with E-state index in [0.29, 0.717) is 22.7 Å². The lowest BCUT2D eigenvalue weighted by atomic mass is 9.99. The van der Waals surface area contributed by atoms with Crippen molar-refractivity contribution in [1.29, 1.82) is 0 Å². The highest BCUT2D eigenvalue weighted by molar-refractivity contribution is 6.30. The van der Waals surface area contributed by atoms with Crippen molar-refractivity contribution in [3.05, 3.63) is 71.6 Å². The Morgan fingerprint density at radius 3 is 2.50 bits per heavy atom. The number of hydrogen-bond donors (Lipinski definition) is 0. The zero-order valence-electron chi connectivity index (χ0n) is 14.7. The number of aromatic nitrogens is 3. The fourth-order valence-electron chi connectivity index (χ4n) is 3.17. The van der Waals surface area contributed by atoms with E-state index in [1.807, 2.05) is 37.4 Å². The maximum Gasteiger partial charge on any atom is 0.347 e. The second-order valence-electron chi connectivity index (χ2n) is 6.31. The highest BCUT2D eigenvalue weighted by atomic mass is 16.5. The van der Waals surface area contributed by atoms with Gasteiger partial charge in [-0.25, -0.2) is 4.79 Å². The molecule has 0 saturated heterocycles. The minimum absolute atomic E-state index is 0.118. The Labute approximate surface area is 158 Å². The van der Waals surface area contributed by atoms with Gasteiger partial charge in [-0.1, -0.05) is 42.5 Å². The topological polar surface area (TPSA) is 87.2 Å². The van der Waals surface area contributed by atoms with Crippen LogP contribution in [0.3, 0.4) is 0 Å². The standard InChI is InChI=1S/C21H13N3O4/c1-24-18(12-7-3-2-4-8-12)23-20-19(24)22-16(28-20)11-14-17(25)13-9-5-6-10-15(13)27-21(14)26/h2-11H,1H3/b14-11-. The quantitative estimate of drug-likeness (QED) is 0.232. The van der Waals surface area contributed by atoms with Crippen LogP contribution in [0.4, 0.5) is 0 Å². The molecule has 5 rings (SSSR count). The fourth-order valence-corrected chi connectivity index (χ4v) is 3.17. The zero-order chi connectivity index (χ0) is 19.3. The Hall–Kier alpha value is -4.00. The van der Waals surface area contributed by atoms with Crippen LogP contribution in [0.25, 0.3) is 28.8 Å². The largest absolute Gasteiger partial charge is 0.422 e. The van der Waals surface area contributed by atoms with Crippen molar-refractivity contribution in [2.24, 2.45) is 7.05 Å². The Bertz CT molecular complexity index is 1280. The molecule has 0 N–H and O–H groups in total. The molecule has 0 amide bonds. The van der Waals surface area contributed by atoms with E-state index in [9.17, 15) is 9.59 Å². The smallest absolute Gasteiger partial charge is 0.347 e. The molecular weight excluding hydrogens is 358 g/mol. The van der Waals surface area contributed by atoms with E-state index in [-0.39, 0.29) is 17.2 Å². The maximum absolute atomic E-state index is 12.6. The van der Waals surface area contributed by atoms with Gasteiger partial charge in [-0.15, -0.1) is 0 Å². The van der Waals surface area contributed by atoms with Crippen LogP contribution in [0.5, 0.6) is 5.75 Å². The number of ketones is 1. The van der Waals surface area contributed by atoms with Gasteiger partial charge in [0, 0.05) is 18.7 Å². The summed E-state index contributed by atoms with van der Waals surface area (Å²) in [6, 6.07) is 16.3. The first-order valence-electron chi connectivity index (χ1n) is 8.58. The van der Waals surface area contributed by atoms with Gasteiger partial charge in [-0.3, -0.25) is 4.79 Å². The molecule has 0 saturated carbocycles. The lowest BCUT2D eigenvalue weighted by Crippen LogP contribution is -2.24. The molecule has 0 atom stereocenters. The van der Waals surface area contributed by atoms with Crippen molar-refractivity contribution in [3.63, 3.8) is 0 Å². The van der Waals surface area contributed by atoms with Crippen LogP contribution in [-0.2, 0) is 11.8 Å². The minimum Gasteiger partial charge on any atom is -0.422 e. The molecule has 1 aliphatic rings. The average Bonchev–Trinajstić information content (AvgIpc) is 3.24. The molecule has 0 unspecified atom stereocenters. The van der Waals surface area contributed by atoms with E-state index in [1.54, 1.807) is 28.8 Å². The number of nitrogens with zero attached hydrogens (tertiary/aromatic N) is 3. The van der Waals surface area contributed by atoms with Gasteiger partial charge >= 0.3 is 5.97 Å². The molecule has 0 radical (unpaired) electrons. The summed E-state index contributed by atoms with van der Waals surface area (Å²) >= 11 is 0. The van der Waals surface area contributed by atoms with Crippen molar-refractivity contribution >= 4 is 29.2 Å². The second-order valence-corrected chi connectivity index (χ2v) is 6.31. The summed E-state index contributed by atoms with van der Waals surface area (Å²) in [6.45, 7) is 0. The van der Waals surface area contributed by atoms with Gasteiger partial charge in [0.25, 0.3) is 5.71 Å². The van der Waals surface area contributed by atoms with Crippen LogP contribution < -0.4 is 4.74 Å². The first-order chi connectivity index (χ1) is 13.6. The number of ether oxygens (including phenoxy) is 1. The van der Waals surface area contributed by atoms with Crippen molar-refractivity contribution in [2.45, 2.75) is 0 Å². The number of para-hydroxylation sites is 1. The van der Waals surface area contributed by atoms with Gasteiger partial charge in [0.15, 0.2) is 0 Å². The normalized spacial score (nSPS) is 15.1. The Kier molecular flexibility index (Phi) is 3.48. The number of esters is 1. The highest BCUT2D eigenvalue weighted by Crippen LogP contribution is 2.29. The minimum atomic E-state index is -0.733. The van der Waals surface area contributed by atoms with Crippen LogP contribution in [0.1, 0.15) is 16.2 Å². The summed E-state index contributed by atoms with van der Waals surface area (Å²) in [7, 11) is 1.83. The van der Waals surface area contributed by atoms with Crippen molar-refractivity contribution in [1.82, 2.24) is 14.5 Å². The first-order valence-corrected chi connectivity index (χ1v) is 8.58. The van der Waals surface area contributed by atoms with Gasteiger partial charge in [-0.05, 0) is 12.1 Å². The number of oxazole rings is 1. The van der Waals surface area contributed by atoms with Crippen molar-refractivity contribution in [2.75, 3.05) is 0 Å². The number of rotatable bonds is 2. The summed E-state index contributed by atoms with van der Waals surface area (Å²) in [5, 5.41) is 0. The molecule has 2 aromatic heterocycles. The second kappa shape index (κ2) is 6.02. The van der Waals surface area contributed by atoms with E-state index in [1.165, 1.54) is 6.08 Å². The third kappa shape index (κ3) is 2.44. The summed E-state index contributed by atoms with van der Waals surface area (Å²) < 4.78 is 12.7. The molecular formula is C21H13N3O4. The van der Waals surface area contributed by atoms with Gasteiger partial charge in [0.05, 0.1) is 5.56 Å². The molecule has 7 heteroatoms. The summed E-state index contributed by atoms with van der Waals surface area (Å²) in [6.07, 6.45) is 1.30. The van der Waals surface area contributed by atoms with Crippen LogP contribution in [0.2, 0.25) is 0 Å². The number of imidazole rings is 1. The van der Waals surface area contributed by atoms with E-state index >= 15 is 0 Å². The Balaban J connectivity index is 1.56. The van der Waals surface area contributed by atoms with Gasteiger partial charge in [0.1, 0.15) is 17.1 Å². The number of Topliss-reactive ketones (excluding diaryl/α,β-unsaturated/α-hetero) is 1. The maximum atomic E-state index is 12.6. The van der Waals surface area contributed by atoms with E-state index in [4.69, 9.17) is 9.15 Å². The molecule has 3 heterocycles. The van der Waals surface area contributed by atoms with E-state index < -0.39 is 11.8 Å². The molecule has 0 fully saturated rings. The predicted molar refractivity (Wildman–Crippen MR) is 101 cm³/mol. The summed E-state index contributed by atoms with van der Waals surface area (Å²) in [4.78, 5) is 33.7. The molecule has 1 aliphatic heterocycles. The van der Waals surface area contributed by atoms with Gasteiger partial charge in [0.2, 0.25) is 17.3 Å². The van der Waals surface area contributed by atoms with Crippen LogP contribution in [0.15, 0.2) is 64.6 Å². The van der Waals surface area contributed by atoms with Crippen molar-refractivity contribution < 1.29 is 18.7 Å². The van der Waals surface area contributed by atoms with Crippen molar-refractivity contribution in [3.8, 4) is 17.1 Å². The van der Waals surface area contributed by atoms with Gasteiger partial charge < -0.3 is 13.7 Å². The molecule has 0 bridgehead atoms. The number of aryl methyl sites for hydroxylation is 1. The average molecular weight is 371 g/mol. The zero-order valence-corrected chi connectivity index (χ0v) is 14.7.